The number of carbonyl (C=O) groups is 2. The quantitative estimate of drug-likeness (QED) is 0.890. The number of benzene rings is 1. The summed E-state index contributed by atoms with van der Waals surface area (Å²) in [5.41, 5.74) is -0.963. The fraction of sp³-hybridized carbons (Fsp3) is 0.467. The van der Waals surface area contributed by atoms with Crippen molar-refractivity contribution in [3.05, 3.63) is 29.6 Å². The Labute approximate surface area is 117 Å². The summed E-state index contributed by atoms with van der Waals surface area (Å²) < 4.78 is 13.6. The molecule has 0 saturated heterocycles. The molecule has 0 atom stereocenters. The van der Waals surface area contributed by atoms with Crippen LogP contribution in [-0.4, -0.2) is 17.0 Å². The van der Waals surface area contributed by atoms with E-state index in [4.69, 9.17) is 5.11 Å². The van der Waals surface area contributed by atoms with Crippen molar-refractivity contribution in [1.82, 2.24) is 0 Å². The number of nitrogens with one attached hydrogen (secondary N) is 1. The lowest BCUT2D eigenvalue weighted by Crippen LogP contribution is -2.35. The second kappa shape index (κ2) is 5.61. The van der Waals surface area contributed by atoms with E-state index in [0.717, 1.165) is 38.2 Å². The Balaban J connectivity index is 2.24. The highest BCUT2D eigenvalue weighted by atomic mass is 19.1. The zero-order valence-electron chi connectivity index (χ0n) is 11.4. The van der Waals surface area contributed by atoms with E-state index in [0.29, 0.717) is 0 Å². The summed E-state index contributed by atoms with van der Waals surface area (Å²) in [6.45, 7) is 1.88. The first kappa shape index (κ1) is 14.5. The first-order valence-electron chi connectivity index (χ1n) is 6.77. The van der Waals surface area contributed by atoms with Gasteiger partial charge in [0.15, 0.2) is 0 Å². The number of carbonyl (C=O) groups excluding carboxylic acids is 1. The molecule has 1 saturated carbocycles. The lowest BCUT2D eigenvalue weighted by molar-refractivity contribution is -0.126. The van der Waals surface area contributed by atoms with Gasteiger partial charge in [0.05, 0.1) is 5.69 Å². The Kier molecular flexibility index (Phi) is 4.06. The molecule has 0 heterocycles. The number of carboxylic acids is 1. The van der Waals surface area contributed by atoms with Gasteiger partial charge in [0, 0.05) is 5.41 Å². The second-order valence-electron chi connectivity index (χ2n) is 5.54. The van der Waals surface area contributed by atoms with E-state index in [1.165, 1.54) is 12.1 Å². The molecule has 1 aromatic rings. The van der Waals surface area contributed by atoms with Crippen molar-refractivity contribution in [3.8, 4) is 0 Å². The maximum Gasteiger partial charge on any atom is 0.340 e. The van der Waals surface area contributed by atoms with Crippen molar-refractivity contribution in [2.45, 2.75) is 39.0 Å². The van der Waals surface area contributed by atoms with E-state index in [9.17, 15) is 14.0 Å². The average Bonchev–Trinajstić information content (AvgIpc) is 2.39. The van der Waals surface area contributed by atoms with Gasteiger partial charge >= 0.3 is 5.97 Å². The van der Waals surface area contributed by atoms with Crippen molar-refractivity contribution in [2.75, 3.05) is 5.32 Å². The van der Waals surface area contributed by atoms with Crippen LogP contribution in [0, 0.1) is 11.2 Å². The monoisotopic (exact) mass is 279 g/mol. The fourth-order valence-electron chi connectivity index (χ4n) is 2.68. The smallest absolute Gasteiger partial charge is 0.340 e. The molecule has 1 amide bonds. The molecule has 108 valence electrons. The molecular formula is C15H18FNO3. The molecule has 1 aliphatic rings. The third-order valence-corrected chi connectivity index (χ3v) is 3.98. The van der Waals surface area contributed by atoms with E-state index in [1.807, 2.05) is 6.92 Å². The van der Waals surface area contributed by atoms with Crippen LogP contribution in [0.2, 0.25) is 0 Å². The van der Waals surface area contributed by atoms with Crippen molar-refractivity contribution < 1.29 is 19.1 Å². The van der Waals surface area contributed by atoms with Crippen molar-refractivity contribution in [3.63, 3.8) is 0 Å². The largest absolute Gasteiger partial charge is 0.478 e. The van der Waals surface area contributed by atoms with Crippen LogP contribution in [0.25, 0.3) is 0 Å². The molecule has 2 rings (SSSR count). The highest BCUT2D eigenvalue weighted by Crippen LogP contribution is 2.37. The molecule has 0 aliphatic heterocycles. The van der Waals surface area contributed by atoms with Gasteiger partial charge < -0.3 is 10.4 Å². The van der Waals surface area contributed by atoms with E-state index < -0.39 is 22.8 Å². The highest BCUT2D eigenvalue weighted by Gasteiger charge is 2.35. The maximum atomic E-state index is 13.6. The zero-order chi connectivity index (χ0) is 14.8. The van der Waals surface area contributed by atoms with Gasteiger partial charge in [0.25, 0.3) is 0 Å². The van der Waals surface area contributed by atoms with Gasteiger partial charge in [0.2, 0.25) is 5.91 Å². The minimum absolute atomic E-state index is 0.0225. The average molecular weight is 279 g/mol. The highest BCUT2D eigenvalue weighted by molar-refractivity contribution is 6.02. The Morgan fingerprint density at radius 1 is 1.25 bits per heavy atom. The van der Waals surface area contributed by atoms with Gasteiger partial charge in [-0.3, -0.25) is 4.79 Å². The number of rotatable bonds is 3. The number of anilines is 1. The minimum atomic E-state index is -1.38. The Bertz CT molecular complexity index is 536. The summed E-state index contributed by atoms with van der Waals surface area (Å²) in [4.78, 5) is 23.4. The molecule has 1 aromatic carbocycles. The van der Waals surface area contributed by atoms with E-state index in [1.54, 1.807) is 0 Å². The van der Waals surface area contributed by atoms with Crippen molar-refractivity contribution in [1.29, 1.82) is 0 Å². The van der Waals surface area contributed by atoms with Crippen LogP contribution in [-0.2, 0) is 4.79 Å². The van der Waals surface area contributed by atoms with Gasteiger partial charge in [-0.05, 0) is 25.0 Å². The number of carboxylic acid groups (broad SMARTS) is 1. The lowest BCUT2D eigenvalue weighted by Gasteiger charge is -2.32. The predicted octanol–water partition coefficient (Wildman–Crippen LogP) is 3.43. The summed E-state index contributed by atoms with van der Waals surface area (Å²) in [7, 11) is 0. The first-order chi connectivity index (χ1) is 9.44. The summed E-state index contributed by atoms with van der Waals surface area (Å²) in [5.74, 6) is -2.46. The van der Waals surface area contributed by atoms with Crippen LogP contribution in [0.15, 0.2) is 18.2 Å². The summed E-state index contributed by atoms with van der Waals surface area (Å²) in [5, 5.41) is 11.6. The molecule has 20 heavy (non-hydrogen) atoms. The van der Waals surface area contributed by atoms with Crippen LogP contribution < -0.4 is 5.32 Å². The SMILES string of the molecule is CC1(C(=O)Nc2cccc(F)c2C(=O)O)CCCCC1. The molecule has 0 bridgehead atoms. The van der Waals surface area contributed by atoms with Crippen LogP contribution in [0.4, 0.5) is 10.1 Å². The zero-order valence-corrected chi connectivity index (χ0v) is 11.4. The van der Waals surface area contributed by atoms with Gasteiger partial charge in [-0.25, -0.2) is 9.18 Å². The molecule has 0 unspecified atom stereocenters. The van der Waals surface area contributed by atoms with Gasteiger partial charge in [-0.2, -0.15) is 0 Å². The third-order valence-electron chi connectivity index (χ3n) is 3.98. The number of hydrogen-bond acceptors (Lipinski definition) is 2. The third kappa shape index (κ3) is 2.81. The normalized spacial score (nSPS) is 17.5. The topological polar surface area (TPSA) is 66.4 Å². The van der Waals surface area contributed by atoms with Gasteiger partial charge in [-0.15, -0.1) is 0 Å². The van der Waals surface area contributed by atoms with Crippen LogP contribution in [0.1, 0.15) is 49.4 Å². The molecule has 0 aromatic heterocycles. The van der Waals surface area contributed by atoms with E-state index >= 15 is 0 Å². The maximum absolute atomic E-state index is 13.6. The summed E-state index contributed by atoms with van der Waals surface area (Å²) >= 11 is 0. The van der Waals surface area contributed by atoms with Crippen LogP contribution in [0.5, 0.6) is 0 Å². The Morgan fingerprint density at radius 3 is 2.50 bits per heavy atom. The Hall–Kier alpha value is -1.91. The Morgan fingerprint density at radius 2 is 1.90 bits per heavy atom. The van der Waals surface area contributed by atoms with E-state index in [2.05, 4.69) is 5.32 Å². The molecule has 2 N–H and O–H groups in total. The molecule has 5 heteroatoms. The molecule has 4 nitrogen and oxygen atoms in total. The number of amides is 1. The molecule has 1 aliphatic carbocycles. The predicted molar refractivity (Wildman–Crippen MR) is 73.2 cm³/mol. The standard InChI is InChI=1S/C15H18FNO3/c1-15(8-3-2-4-9-15)14(20)17-11-7-5-6-10(16)12(11)13(18)19/h5-7H,2-4,8-9H2,1H3,(H,17,20)(H,18,19). The minimum Gasteiger partial charge on any atom is -0.478 e. The molecule has 1 fully saturated rings. The summed E-state index contributed by atoms with van der Waals surface area (Å²) in [6.07, 6.45) is 4.63. The summed E-state index contributed by atoms with van der Waals surface area (Å²) in [6, 6.07) is 3.87. The number of aromatic carboxylic acids is 1. The fourth-order valence-corrected chi connectivity index (χ4v) is 2.68. The van der Waals surface area contributed by atoms with Crippen molar-refractivity contribution >= 4 is 17.6 Å². The van der Waals surface area contributed by atoms with Crippen LogP contribution >= 0.6 is 0 Å². The number of hydrogen-bond donors (Lipinski definition) is 2. The number of halogens is 1. The van der Waals surface area contributed by atoms with Gasteiger partial charge in [-0.1, -0.05) is 32.3 Å². The van der Waals surface area contributed by atoms with Gasteiger partial charge in [0.1, 0.15) is 11.4 Å². The van der Waals surface area contributed by atoms with Crippen molar-refractivity contribution in [2.24, 2.45) is 5.41 Å². The van der Waals surface area contributed by atoms with E-state index in [-0.39, 0.29) is 11.6 Å². The molecule has 0 radical (unpaired) electrons. The molecular weight excluding hydrogens is 261 g/mol. The van der Waals surface area contributed by atoms with Crippen LogP contribution in [0.3, 0.4) is 0 Å². The second-order valence-corrected chi connectivity index (χ2v) is 5.54. The first-order valence-corrected chi connectivity index (χ1v) is 6.77. The molecule has 0 spiro atoms. The lowest BCUT2D eigenvalue weighted by atomic mass is 9.75.